The summed E-state index contributed by atoms with van der Waals surface area (Å²) in [5.74, 6) is 0. The summed E-state index contributed by atoms with van der Waals surface area (Å²) in [5, 5.41) is 3.52. The van der Waals surface area contributed by atoms with E-state index in [1.54, 1.807) is 0 Å². The van der Waals surface area contributed by atoms with Crippen molar-refractivity contribution < 1.29 is 4.74 Å². The van der Waals surface area contributed by atoms with Crippen LogP contribution in [-0.2, 0) is 4.74 Å². The van der Waals surface area contributed by atoms with E-state index in [1.165, 1.54) is 22.3 Å². The number of nitrogens with one attached hydrogen (secondary N) is 1. The van der Waals surface area contributed by atoms with Gasteiger partial charge in [0.15, 0.2) is 0 Å². The van der Waals surface area contributed by atoms with Gasteiger partial charge in [0.2, 0.25) is 0 Å². The van der Waals surface area contributed by atoms with Gasteiger partial charge in [-0.2, -0.15) is 0 Å². The van der Waals surface area contributed by atoms with E-state index in [9.17, 15) is 0 Å². The molecule has 0 amide bonds. The van der Waals surface area contributed by atoms with E-state index in [-0.39, 0.29) is 5.54 Å². The molecule has 1 aromatic rings. The van der Waals surface area contributed by atoms with E-state index >= 15 is 0 Å². The number of benzene rings is 1. The van der Waals surface area contributed by atoms with Gasteiger partial charge in [0.1, 0.15) is 0 Å². The third kappa shape index (κ3) is 3.65. The minimum absolute atomic E-state index is 0.111. The topological polar surface area (TPSA) is 24.5 Å². The molecule has 0 radical (unpaired) electrons. The van der Waals surface area contributed by atoms with Crippen LogP contribution in [0.25, 0.3) is 0 Å². The molecular formula is C18H30N2O. The van der Waals surface area contributed by atoms with Crippen molar-refractivity contribution in [1.29, 1.82) is 0 Å². The van der Waals surface area contributed by atoms with Crippen molar-refractivity contribution >= 4 is 0 Å². The molecule has 0 aliphatic carbocycles. The highest BCUT2D eigenvalue weighted by Gasteiger charge is 2.32. The number of ether oxygens (including phenoxy) is 1. The Balaban J connectivity index is 2.24. The molecule has 2 rings (SSSR count). The van der Waals surface area contributed by atoms with Crippen molar-refractivity contribution in [2.45, 2.75) is 46.2 Å². The van der Waals surface area contributed by atoms with Gasteiger partial charge in [-0.05, 0) is 58.4 Å². The lowest BCUT2D eigenvalue weighted by atomic mass is 9.92. The maximum atomic E-state index is 5.64. The van der Waals surface area contributed by atoms with E-state index in [0.717, 1.165) is 26.3 Å². The van der Waals surface area contributed by atoms with Gasteiger partial charge >= 0.3 is 0 Å². The Morgan fingerprint density at radius 2 is 1.86 bits per heavy atom. The first-order valence-corrected chi connectivity index (χ1v) is 7.93. The number of nitrogens with zero attached hydrogens (tertiary/aromatic N) is 1. The highest BCUT2D eigenvalue weighted by Crippen LogP contribution is 2.27. The lowest BCUT2D eigenvalue weighted by Gasteiger charge is -2.44. The van der Waals surface area contributed by atoms with E-state index in [4.69, 9.17) is 4.74 Å². The summed E-state index contributed by atoms with van der Waals surface area (Å²) in [6.07, 6.45) is 0. The minimum atomic E-state index is 0.111. The predicted molar refractivity (Wildman–Crippen MR) is 88.9 cm³/mol. The molecule has 1 unspecified atom stereocenters. The number of morpholine rings is 1. The fourth-order valence-corrected chi connectivity index (χ4v) is 3.52. The minimum Gasteiger partial charge on any atom is -0.378 e. The summed E-state index contributed by atoms with van der Waals surface area (Å²) in [6, 6.07) is 4.94. The Morgan fingerprint density at radius 1 is 1.24 bits per heavy atom. The highest BCUT2D eigenvalue weighted by molar-refractivity contribution is 5.39. The zero-order valence-electron chi connectivity index (χ0n) is 14.4. The maximum absolute atomic E-state index is 5.64. The average molecular weight is 290 g/mol. The Morgan fingerprint density at radius 3 is 2.38 bits per heavy atom. The monoisotopic (exact) mass is 290 g/mol. The van der Waals surface area contributed by atoms with E-state index < -0.39 is 0 Å². The predicted octanol–water partition coefficient (Wildman–Crippen LogP) is 2.98. The van der Waals surface area contributed by atoms with Crippen LogP contribution in [0.1, 0.15) is 42.1 Å². The van der Waals surface area contributed by atoms with Crippen molar-refractivity contribution in [3.8, 4) is 0 Å². The normalized spacial score (nSPS) is 20.5. The van der Waals surface area contributed by atoms with Crippen LogP contribution < -0.4 is 5.32 Å². The van der Waals surface area contributed by atoms with Crippen LogP contribution in [0, 0.1) is 20.8 Å². The summed E-state index contributed by atoms with van der Waals surface area (Å²) in [4.78, 5) is 2.55. The van der Waals surface area contributed by atoms with Crippen molar-refractivity contribution in [3.63, 3.8) is 0 Å². The number of likely N-dealkylation sites (N-methyl/N-ethyl adjacent to an activating group) is 1. The Kier molecular flexibility index (Phi) is 5.07. The molecule has 1 heterocycles. The molecular weight excluding hydrogens is 260 g/mol. The van der Waals surface area contributed by atoms with Crippen LogP contribution in [-0.4, -0.2) is 43.8 Å². The van der Waals surface area contributed by atoms with E-state index in [1.807, 2.05) is 0 Å². The van der Waals surface area contributed by atoms with Crippen LogP contribution in [0.15, 0.2) is 12.1 Å². The summed E-state index contributed by atoms with van der Waals surface area (Å²) < 4.78 is 5.64. The van der Waals surface area contributed by atoms with Crippen molar-refractivity contribution in [2.75, 3.05) is 33.4 Å². The SMILES string of the molecule is CNC(CN1CCOCC1(C)C)c1c(C)cc(C)cc1C. The number of rotatable bonds is 4. The van der Waals surface area contributed by atoms with Crippen molar-refractivity contribution in [2.24, 2.45) is 0 Å². The van der Waals surface area contributed by atoms with Gasteiger partial charge < -0.3 is 10.1 Å². The molecule has 118 valence electrons. The third-order valence-electron chi connectivity index (χ3n) is 4.65. The molecule has 0 aromatic heterocycles. The standard InChI is InChI=1S/C18H30N2O/c1-13-9-14(2)17(15(3)10-13)16(19-6)11-20-7-8-21-12-18(20,4)5/h9-10,16,19H,7-8,11-12H2,1-6H3. The summed E-state index contributed by atoms with van der Waals surface area (Å²) in [6.45, 7) is 14.9. The first-order chi connectivity index (χ1) is 9.85. The molecule has 1 aliphatic rings. The Hall–Kier alpha value is -0.900. The number of hydrogen-bond donors (Lipinski definition) is 1. The smallest absolute Gasteiger partial charge is 0.0645 e. The van der Waals surface area contributed by atoms with Gasteiger partial charge in [-0.3, -0.25) is 4.90 Å². The maximum Gasteiger partial charge on any atom is 0.0645 e. The Bertz CT molecular complexity index is 473. The highest BCUT2D eigenvalue weighted by atomic mass is 16.5. The molecule has 0 saturated carbocycles. The van der Waals surface area contributed by atoms with Crippen LogP contribution in [0.5, 0.6) is 0 Å². The Labute approximate surface area is 129 Å². The van der Waals surface area contributed by atoms with Gasteiger partial charge in [0.05, 0.1) is 13.2 Å². The second kappa shape index (κ2) is 6.47. The van der Waals surface area contributed by atoms with Gasteiger partial charge in [-0.1, -0.05) is 17.7 Å². The zero-order chi connectivity index (χ0) is 15.6. The molecule has 0 bridgehead atoms. The molecule has 21 heavy (non-hydrogen) atoms. The molecule has 1 N–H and O–H groups in total. The summed E-state index contributed by atoms with van der Waals surface area (Å²) in [7, 11) is 2.07. The molecule has 1 aromatic carbocycles. The first-order valence-electron chi connectivity index (χ1n) is 7.93. The second-order valence-electron chi connectivity index (χ2n) is 6.96. The van der Waals surface area contributed by atoms with Crippen LogP contribution in [0.4, 0.5) is 0 Å². The number of hydrogen-bond acceptors (Lipinski definition) is 3. The quantitative estimate of drug-likeness (QED) is 0.922. The molecule has 1 atom stereocenters. The van der Waals surface area contributed by atoms with Crippen molar-refractivity contribution in [3.05, 3.63) is 34.4 Å². The van der Waals surface area contributed by atoms with E-state index in [0.29, 0.717) is 6.04 Å². The van der Waals surface area contributed by atoms with Gasteiger partial charge in [-0.15, -0.1) is 0 Å². The van der Waals surface area contributed by atoms with Gasteiger partial charge in [0, 0.05) is 24.7 Å². The van der Waals surface area contributed by atoms with Crippen molar-refractivity contribution in [1.82, 2.24) is 10.2 Å². The lowest BCUT2D eigenvalue weighted by molar-refractivity contribution is -0.0543. The average Bonchev–Trinajstić information content (AvgIpc) is 2.38. The molecule has 0 spiro atoms. The molecule has 3 nitrogen and oxygen atoms in total. The largest absolute Gasteiger partial charge is 0.378 e. The number of aryl methyl sites for hydroxylation is 3. The van der Waals surface area contributed by atoms with Crippen LogP contribution in [0.2, 0.25) is 0 Å². The fourth-order valence-electron chi connectivity index (χ4n) is 3.52. The molecule has 1 aliphatic heterocycles. The molecule has 1 fully saturated rings. The third-order valence-corrected chi connectivity index (χ3v) is 4.65. The second-order valence-corrected chi connectivity index (χ2v) is 6.96. The van der Waals surface area contributed by atoms with Crippen LogP contribution in [0.3, 0.4) is 0 Å². The molecule has 3 heteroatoms. The van der Waals surface area contributed by atoms with Gasteiger partial charge in [0.25, 0.3) is 0 Å². The van der Waals surface area contributed by atoms with Gasteiger partial charge in [-0.25, -0.2) is 0 Å². The molecule has 1 saturated heterocycles. The van der Waals surface area contributed by atoms with E-state index in [2.05, 4.69) is 64.0 Å². The summed E-state index contributed by atoms with van der Waals surface area (Å²) >= 11 is 0. The fraction of sp³-hybridized carbons (Fsp3) is 0.667. The summed E-state index contributed by atoms with van der Waals surface area (Å²) in [5.41, 5.74) is 5.68. The van der Waals surface area contributed by atoms with Crippen LogP contribution >= 0.6 is 0 Å². The lowest BCUT2D eigenvalue weighted by Crippen LogP contribution is -2.55. The first kappa shape index (κ1) is 16.5. The zero-order valence-corrected chi connectivity index (χ0v) is 14.4.